The molecule has 5 rings (SSSR count). The number of rotatable bonds is 8. The van der Waals surface area contributed by atoms with Crippen LogP contribution in [-0.4, -0.2) is 94.8 Å². The molecule has 0 aliphatic carbocycles. The number of H-pyrrole nitrogens is 1. The van der Waals surface area contributed by atoms with E-state index in [-0.39, 0.29) is 29.5 Å². The molecule has 1 aliphatic rings. The lowest BCUT2D eigenvalue weighted by molar-refractivity contribution is 0.0240. The number of nitrogens with zero attached hydrogens (tertiary/aromatic N) is 6. The Bertz CT molecular complexity index is 1830. The van der Waals surface area contributed by atoms with Gasteiger partial charge < -0.3 is 19.5 Å². The van der Waals surface area contributed by atoms with Crippen LogP contribution in [0.5, 0.6) is 0 Å². The highest BCUT2D eigenvalue weighted by Crippen LogP contribution is 2.28. The minimum absolute atomic E-state index is 0.171. The number of amides is 1. The highest BCUT2D eigenvalue weighted by Gasteiger charge is 2.27. The lowest BCUT2D eigenvalue weighted by Gasteiger charge is -2.35. The summed E-state index contributed by atoms with van der Waals surface area (Å²) in [6.45, 7) is 9.39. The third kappa shape index (κ3) is 6.88. The van der Waals surface area contributed by atoms with Crippen LogP contribution in [0.25, 0.3) is 22.2 Å². The Kier molecular flexibility index (Phi) is 8.76. The molecule has 4 heterocycles. The number of aromatic nitrogens is 4. The summed E-state index contributed by atoms with van der Waals surface area (Å²) in [7, 11) is -2.63. The quantitative estimate of drug-likeness (QED) is 0.272. The Hall–Kier alpha value is -4.63. The predicted molar refractivity (Wildman–Crippen MR) is 168 cm³/mol. The molecule has 0 atom stereocenters. The van der Waals surface area contributed by atoms with Gasteiger partial charge in [0, 0.05) is 86.6 Å². The summed E-state index contributed by atoms with van der Waals surface area (Å²) >= 11 is 0. The van der Waals surface area contributed by atoms with Gasteiger partial charge in [0.25, 0.3) is 0 Å². The number of aromatic amines is 1. The van der Waals surface area contributed by atoms with E-state index in [0.717, 1.165) is 4.31 Å². The fraction of sp³-hybridized carbons (Fsp3) is 0.367. The van der Waals surface area contributed by atoms with E-state index in [0.29, 0.717) is 54.3 Å². The summed E-state index contributed by atoms with van der Waals surface area (Å²) in [5.74, 6) is -1.10. The molecule has 0 saturated carbocycles. The van der Waals surface area contributed by atoms with Crippen LogP contribution in [0.2, 0.25) is 0 Å². The molecule has 1 saturated heterocycles. The number of carbonyl (C=O) groups is 2. The van der Waals surface area contributed by atoms with Crippen molar-refractivity contribution in [3.05, 3.63) is 66.0 Å². The van der Waals surface area contributed by atoms with Crippen molar-refractivity contribution in [3.63, 3.8) is 0 Å². The van der Waals surface area contributed by atoms with Crippen LogP contribution in [0, 0.1) is 5.82 Å². The SMILES string of the molecule is CCN(C)S(=O)(=O)Nc1cccc(C(=O)c2c[nH]c3ncc(-c4cnc(N5CCN(C(=O)OC(C)(C)C)CC5)nc4)cc23)c1F. The molecule has 1 aliphatic heterocycles. The number of nitrogens with one attached hydrogen (secondary N) is 2. The van der Waals surface area contributed by atoms with Crippen molar-refractivity contribution in [1.29, 1.82) is 0 Å². The zero-order chi connectivity index (χ0) is 32.5. The molecule has 4 aromatic rings. The fourth-order valence-corrected chi connectivity index (χ4v) is 5.65. The molecule has 1 fully saturated rings. The van der Waals surface area contributed by atoms with Gasteiger partial charge in [0.1, 0.15) is 11.2 Å². The van der Waals surface area contributed by atoms with Gasteiger partial charge in [0.15, 0.2) is 11.6 Å². The van der Waals surface area contributed by atoms with Crippen molar-refractivity contribution in [2.75, 3.05) is 49.4 Å². The topological polar surface area (TPSA) is 154 Å². The summed E-state index contributed by atoms with van der Waals surface area (Å²) < 4.78 is 49.0. The van der Waals surface area contributed by atoms with Crippen molar-refractivity contribution in [2.24, 2.45) is 0 Å². The van der Waals surface area contributed by atoms with E-state index in [1.165, 1.54) is 31.4 Å². The summed E-state index contributed by atoms with van der Waals surface area (Å²) in [5.41, 5.74) is 0.705. The van der Waals surface area contributed by atoms with E-state index < -0.39 is 27.4 Å². The summed E-state index contributed by atoms with van der Waals surface area (Å²) in [6, 6.07) is 5.71. The van der Waals surface area contributed by atoms with Crippen molar-refractivity contribution >= 4 is 44.8 Å². The van der Waals surface area contributed by atoms with Crippen molar-refractivity contribution < 1.29 is 27.1 Å². The Balaban J connectivity index is 1.33. The normalized spacial score (nSPS) is 14.2. The molecular weight excluding hydrogens is 603 g/mol. The molecule has 238 valence electrons. The number of fused-ring (bicyclic) bond motifs is 1. The summed E-state index contributed by atoms with van der Waals surface area (Å²) in [5, 5.41) is 0.455. The molecular formula is C30H35FN8O5S. The zero-order valence-corrected chi connectivity index (χ0v) is 26.5. The Labute approximate surface area is 260 Å². The minimum atomic E-state index is -4.00. The standard InChI is InChI=1S/C30H35FN8O5S/c1-6-37(5)45(42,43)36-24-9-7-8-21(25(24)31)26(40)23-18-33-27-22(23)14-19(15-32-27)20-16-34-28(35-17-20)38-10-12-39(13-11-38)29(41)44-30(2,3)4/h7-9,14-18,36H,6,10-13H2,1-5H3,(H,32,33). The fourth-order valence-electron chi connectivity index (χ4n) is 4.72. The highest BCUT2D eigenvalue weighted by atomic mass is 32.2. The second-order valence-electron chi connectivity index (χ2n) is 11.6. The van der Waals surface area contributed by atoms with Gasteiger partial charge in [-0.15, -0.1) is 0 Å². The monoisotopic (exact) mass is 638 g/mol. The molecule has 13 nitrogen and oxygen atoms in total. The molecule has 45 heavy (non-hydrogen) atoms. The van der Waals surface area contributed by atoms with E-state index in [2.05, 4.69) is 24.7 Å². The maximum atomic E-state index is 15.4. The maximum absolute atomic E-state index is 15.4. The smallest absolute Gasteiger partial charge is 0.410 e. The molecule has 3 aromatic heterocycles. The number of piperazine rings is 1. The molecule has 0 spiro atoms. The lowest BCUT2D eigenvalue weighted by atomic mass is 10.0. The Morgan fingerprint density at radius 1 is 1.04 bits per heavy atom. The van der Waals surface area contributed by atoms with E-state index in [9.17, 15) is 18.0 Å². The average Bonchev–Trinajstić information content (AvgIpc) is 3.44. The number of anilines is 2. The number of pyridine rings is 1. The van der Waals surface area contributed by atoms with Crippen LogP contribution in [0.15, 0.2) is 49.1 Å². The Morgan fingerprint density at radius 2 is 1.71 bits per heavy atom. The van der Waals surface area contributed by atoms with Crippen LogP contribution >= 0.6 is 0 Å². The number of hydrogen-bond acceptors (Lipinski definition) is 9. The van der Waals surface area contributed by atoms with Gasteiger partial charge in [-0.3, -0.25) is 9.52 Å². The van der Waals surface area contributed by atoms with Crippen molar-refractivity contribution in [1.82, 2.24) is 29.1 Å². The molecule has 2 N–H and O–H groups in total. The largest absolute Gasteiger partial charge is 0.444 e. The third-order valence-corrected chi connectivity index (χ3v) is 8.86. The van der Waals surface area contributed by atoms with Crippen LogP contribution in [0.3, 0.4) is 0 Å². The van der Waals surface area contributed by atoms with Crippen LogP contribution in [0.4, 0.5) is 20.8 Å². The van der Waals surface area contributed by atoms with Crippen LogP contribution in [0.1, 0.15) is 43.6 Å². The average molecular weight is 639 g/mol. The zero-order valence-electron chi connectivity index (χ0n) is 25.7. The first-order valence-corrected chi connectivity index (χ1v) is 15.8. The van der Waals surface area contributed by atoms with Gasteiger partial charge in [0.2, 0.25) is 5.95 Å². The number of halogens is 1. The molecule has 1 aromatic carbocycles. The number of carbonyl (C=O) groups excluding carboxylic acids is 2. The summed E-state index contributed by atoms with van der Waals surface area (Å²) in [6.07, 6.45) is 6.03. The second-order valence-corrected chi connectivity index (χ2v) is 13.3. The maximum Gasteiger partial charge on any atom is 0.410 e. The molecule has 0 bridgehead atoms. The molecule has 1 amide bonds. The number of benzene rings is 1. The van der Waals surface area contributed by atoms with E-state index in [1.54, 1.807) is 36.5 Å². The second kappa shape index (κ2) is 12.4. The van der Waals surface area contributed by atoms with E-state index in [4.69, 9.17) is 4.74 Å². The van der Waals surface area contributed by atoms with Crippen LogP contribution < -0.4 is 9.62 Å². The van der Waals surface area contributed by atoms with Gasteiger partial charge >= 0.3 is 16.3 Å². The number of ether oxygens (including phenoxy) is 1. The first kappa shape index (κ1) is 31.8. The van der Waals surface area contributed by atoms with Crippen molar-refractivity contribution in [3.8, 4) is 11.1 Å². The van der Waals surface area contributed by atoms with Crippen molar-refractivity contribution in [2.45, 2.75) is 33.3 Å². The first-order chi connectivity index (χ1) is 21.3. The molecule has 15 heteroatoms. The van der Waals surface area contributed by atoms with Gasteiger partial charge in [-0.05, 0) is 39.0 Å². The van der Waals surface area contributed by atoms with E-state index >= 15 is 4.39 Å². The van der Waals surface area contributed by atoms with Gasteiger partial charge in [-0.1, -0.05) is 13.0 Å². The lowest BCUT2D eigenvalue weighted by Crippen LogP contribution is -2.50. The highest BCUT2D eigenvalue weighted by molar-refractivity contribution is 7.90. The van der Waals surface area contributed by atoms with Gasteiger partial charge in [-0.25, -0.2) is 24.1 Å². The van der Waals surface area contributed by atoms with Crippen LogP contribution in [-0.2, 0) is 14.9 Å². The predicted octanol–water partition coefficient (Wildman–Crippen LogP) is 4.06. The summed E-state index contributed by atoms with van der Waals surface area (Å²) in [4.78, 5) is 45.9. The number of ketones is 1. The molecule has 0 radical (unpaired) electrons. The number of hydrogen-bond donors (Lipinski definition) is 2. The van der Waals surface area contributed by atoms with Gasteiger partial charge in [-0.2, -0.15) is 12.7 Å². The Morgan fingerprint density at radius 3 is 2.36 bits per heavy atom. The first-order valence-electron chi connectivity index (χ1n) is 14.4. The van der Waals surface area contributed by atoms with Gasteiger partial charge in [0.05, 0.1) is 11.3 Å². The minimum Gasteiger partial charge on any atom is -0.444 e. The van der Waals surface area contributed by atoms with E-state index in [1.807, 2.05) is 25.7 Å². The third-order valence-electron chi connectivity index (χ3n) is 7.30. The molecule has 0 unspecified atom stereocenters.